The zero-order chi connectivity index (χ0) is 13.8. The summed E-state index contributed by atoms with van der Waals surface area (Å²) in [4.78, 5) is 28.3. The first-order chi connectivity index (χ1) is 9.13. The number of likely N-dealkylation sites (N-methyl/N-ethyl adjacent to an activating group) is 2. The Balaban J connectivity index is 2.19. The second-order valence-electron chi connectivity index (χ2n) is 4.36. The van der Waals surface area contributed by atoms with Crippen LogP contribution in [0.15, 0.2) is 30.5 Å². The number of hydrogen-bond donors (Lipinski definition) is 2. The highest BCUT2D eigenvalue weighted by Gasteiger charge is 2.16. The summed E-state index contributed by atoms with van der Waals surface area (Å²) in [7, 11) is 1.63. The fourth-order valence-electron chi connectivity index (χ4n) is 2.02. The first-order valence-electron chi connectivity index (χ1n) is 6.21. The van der Waals surface area contributed by atoms with Crippen LogP contribution in [-0.4, -0.2) is 41.8 Å². The average molecular weight is 259 g/mol. The van der Waals surface area contributed by atoms with Gasteiger partial charge in [0, 0.05) is 36.3 Å². The number of rotatable bonds is 4. The van der Waals surface area contributed by atoms with Gasteiger partial charge in [-0.2, -0.15) is 0 Å². The van der Waals surface area contributed by atoms with Crippen molar-refractivity contribution < 1.29 is 9.59 Å². The van der Waals surface area contributed by atoms with Crippen LogP contribution in [-0.2, 0) is 4.79 Å². The second-order valence-corrected chi connectivity index (χ2v) is 4.36. The van der Waals surface area contributed by atoms with Crippen LogP contribution in [0.2, 0.25) is 0 Å². The number of carbonyl (C=O) groups is 2. The predicted octanol–water partition coefficient (Wildman–Crippen LogP) is 1.38. The fourth-order valence-corrected chi connectivity index (χ4v) is 2.02. The normalized spacial score (nSPS) is 10.4. The van der Waals surface area contributed by atoms with Crippen LogP contribution >= 0.6 is 0 Å². The number of hydrogen-bond acceptors (Lipinski definition) is 2. The molecule has 2 amide bonds. The van der Waals surface area contributed by atoms with E-state index >= 15 is 0 Å². The summed E-state index contributed by atoms with van der Waals surface area (Å²) < 4.78 is 0. The van der Waals surface area contributed by atoms with Crippen molar-refractivity contribution in [3.8, 4) is 0 Å². The summed E-state index contributed by atoms with van der Waals surface area (Å²) in [5.74, 6) is -0.309. The minimum absolute atomic E-state index is 0.0630. The maximum Gasteiger partial charge on any atom is 0.254 e. The fraction of sp³-hybridized carbons (Fsp3) is 0.286. The number of nitrogens with one attached hydrogen (secondary N) is 2. The van der Waals surface area contributed by atoms with Gasteiger partial charge >= 0.3 is 0 Å². The third kappa shape index (κ3) is 2.76. The highest BCUT2D eigenvalue weighted by atomic mass is 16.2. The summed E-state index contributed by atoms with van der Waals surface area (Å²) in [5, 5.41) is 3.55. The molecule has 1 heterocycles. The molecule has 0 aliphatic heterocycles. The van der Waals surface area contributed by atoms with Crippen LogP contribution < -0.4 is 5.32 Å². The highest BCUT2D eigenvalue weighted by molar-refractivity contribution is 6.07. The minimum atomic E-state index is -0.156. The molecule has 0 saturated carbocycles. The van der Waals surface area contributed by atoms with E-state index in [1.165, 1.54) is 4.90 Å². The maximum atomic E-state index is 12.3. The number of fused-ring (bicyclic) bond motifs is 1. The van der Waals surface area contributed by atoms with E-state index < -0.39 is 0 Å². The molecule has 1 aromatic heterocycles. The Morgan fingerprint density at radius 1 is 1.32 bits per heavy atom. The standard InChI is InChI=1S/C14H17N3O2/c1-3-15-13(18)9-17(2)14(19)11-5-4-6-12-10(11)7-8-16-12/h4-8,16H,3,9H2,1-2H3,(H,15,18). The lowest BCUT2D eigenvalue weighted by Gasteiger charge is -2.17. The van der Waals surface area contributed by atoms with Gasteiger partial charge in [0.05, 0.1) is 6.54 Å². The Morgan fingerprint density at radius 3 is 2.84 bits per heavy atom. The van der Waals surface area contributed by atoms with Crippen molar-refractivity contribution in [1.82, 2.24) is 15.2 Å². The summed E-state index contributed by atoms with van der Waals surface area (Å²) in [6.07, 6.45) is 1.80. The zero-order valence-corrected chi connectivity index (χ0v) is 11.1. The molecule has 0 unspecified atom stereocenters. The van der Waals surface area contributed by atoms with Gasteiger partial charge in [0.1, 0.15) is 0 Å². The van der Waals surface area contributed by atoms with Gasteiger partial charge in [0.25, 0.3) is 5.91 Å². The van der Waals surface area contributed by atoms with Crippen molar-refractivity contribution in [2.24, 2.45) is 0 Å². The van der Waals surface area contributed by atoms with Crippen molar-refractivity contribution >= 4 is 22.7 Å². The van der Waals surface area contributed by atoms with Gasteiger partial charge in [-0.3, -0.25) is 9.59 Å². The molecule has 5 nitrogen and oxygen atoms in total. The molecule has 0 radical (unpaired) electrons. The van der Waals surface area contributed by atoms with Gasteiger partial charge in [0.2, 0.25) is 5.91 Å². The van der Waals surface area contributed by atoms with Crippen LogP contribution in [0.5, 0.6) is 0 Å². The molecular formula is C14H17N3O2. The van der Waals surface area contributed by atoms with Gasteiger partial charge in [-0.1, -0.05) is 6.07 Å². The van der Waals surface area contributed by atoms with Gasteiger partial charge in [0.15, 0.2) is 0 Å². The Morgan fingerprint density at radius 2 is 2.11 bits per heavy atom. The van der Waals surface area contributed by atoms with E-state index in [0.29, 0.717) is 12.1 Å². The molecule has 0 bridgehead atoms. The lowest BCUT2D eigenvalue weighted by atomic mass is 10.1. The highest BCUT2D eigenvalue weighted by Crippen LogP contribution is 2.18. The van der Waals surface area contributed by atoms with Gasteiger partial charge in [-0.15, -0.1) is 0 Å². The van der Waals surface area contributed by atoms with Crippen LogP contribution in [0.3, 0.4) is 0 Å². The monoisotopic (exact) mass is 259 g/mol. The maximum absolute atomic E-state index is 12.3. The number of amides is 2. The van der Waals surface area contributed by atoms with Gasteiger partial charge in [-0.25, -0.2) is 0 Å². The number of aromatic nitrogens is 1. The van der Waals surface area contributed by atoms with Crippen LogP contribution in [0, 0.1) is 0 Å². The first-order valence-corrected chi connectivity index (χ1v) is 6.21. The molecule has 19 heavy (non-hydrogen) atoms. The lowest BCUT2D eigenvalue weighted by molar-refractivity contribution is -0.121. The van der Waals surface area contributed by atoms with Crippen LogP contribution in [0.25, 0.3) is 10.9 Å². The summed E-state index contributed by atoms with van der Waals surface area (Å²) >= 11 is 0. The van der Waals surface area contributed by atoms with Gasteiger partial charge in [-0.05, 0) is 25.1 Å². The Bertz CT molecular complexity index is 604. The number of nitrogens with zero attached hydrogens (tertiary/aromatic N) is 1. The Hall–Kier alpha value is -2.30. The number of carbonyl (C=O) groups excluding carboxylic acids is 2. The van der Waals surface area contributed by atoms with E-state index in [1.807, 2.05) is 25.1 Å². The molecular weight excluding hydrogens is 242 g/mol. The third-order valence-corrected chi connectivity index (χ3v) is 2.93. The predicted molar refractivity (Wildman–Crippen MR) is 73.9 cm³/mol. The quantitative estimate of drug-likeness (QED) is 0.871. The molecule has 5 heteroatoms. The minimum Gasteiger partial charge on any atom is -0.361 e. The molecule has 0 saturated heterocycles. The molecule has 0 atom stereocenters. The van der Waals surface area contributed by atoms with E-state index in [-0.39, 0.29) is 18.4 Å². The molecule has 2 N–H and O–H groups in total. The van der Waals surface area contributed by atoms with E-state index in [0.717, 1.165) is 10.9 Å². The zero-order valence-electron chi connectivity index (χ0n) is 11.1. The summed E-state index contributed by atoms with van der Waals surface area (Å²) in [6, 6.07) is 7.37. The molecule has 0 fully saturated rings. The summed E-state index contributed by atoms with van der Waals surface area (Å²) in [5.41, 5.74) is 1.52. The Labute approximate surface area is 111 Å². The SMILES string of the molecule is CCNC(=O)CN(C)C(=O)c1cccc2[nH]ccc12. The van der Waals surface area contributed by atoms with Gasteiger partial charge < -0.3 is 15.2 Å². The molecule has 1 aromatic carbocycles. The number of benzene rings is 1. The number of H-pyrrole nitrogens is 1. The first kappa shape index (κ1) is 13.1. The van der Waals surface area contributed by atoms with Crippen molar-refractivity contribution in [3.05, 3.63) is 36.0 Å². The van der Waals surface area contributed by atoms with E-state index in [1.54, 1.807) is 19.3 Å². The van der Waals surface area contributed by atoms with Crippen molar-refractivity contribution in [2.45, 2.75) is 6.92 Å². The number of aromatic amines is 1. The molecule has 2 aromatic rings. The molecule has 100 valence electrons. The average Bonchev–Trinajstić information content (AvgIpc) is 2.86. The van der Waals surface area contributed by atoms with E-state index in [4.69, 9.17) is 0 Å². The molecule has 0 spiro atoms. The summed E-state index contributed by atoms with van der Waals surface area (Å²) in [6.45, 7) is 2.47. The van der Waals surface area contributed by atoms with Crippen molar-refractivity contribution in [2.75, 3.05) is 20.1 Å². The second kappa shape index (κ2) is 5.56. The van der Waals surface area contributed by atoms with Crippen LogP contribution in [0.1, 0.15) is 17.3 Å². The topological polar surface area (TPSA) is 65.2 Å². The van der Waals surface area contributed by atoms with Crippen LogP contribution in [0.4, 0.5) is 0 Å². The smallest absolute Gasteiger partial charge is 0.254 e. The van der Waals surface area contributed by atoms with E-state index in [9.17, 15) is 9.59 Å². The molecule has 2 rings (SSSR count). The van der Waals surface area contributed by atoms with Crippen molar-refractivity contribution in [1.29, 1.82) is 0 Å². The third-order valence-electron chi connectivity index (χ3n) is 2.93. The lowest BCUT2D eigenvalue weighted by Crippen LogP contribution is -2.38. The van der Waals surface area contributed by atoms with Crippen molar-refractivity contribution in [3.63, 3.8) is 0 Å². The van der Waals surface area contributed by atoms with E-state index in [2.05, 4.69) is 10.3 Å². The molecule has 0 aliphatic carbocycles. The largest absolute Gasteiger partial charge is 0.361 e. The molecule has 0 aliphatic rings. The Kier molecular flexibility index (Phi) is 3.85.